The Hall–Kier alpha value is -2.19. The number of nitrogens with one attached hydrogen (secondary N) is 1. The van der Waals surface area contributed by atoms with Crippen molar-refractivity contribution >= 4 is 54.2 Å². The van der Waals surface area contributed by atoms with E-state index in [1.165, 1.54) is 18.6 Å². The summed E-state index contributed by atoms with van der Waals surface area (Å²) in [4.78, 5) is 26.7. The second kappa shape index (κ2) is 8.28. The van der Waals surface area contributed by atoms with Gasteiger partial charge in [0, 0.05) is 40.7 Å². The lowest BCUT2D eigenvalue weighted by Crippen LogP contribution is -2.17. The molecule has 8 heteroatoms. The van der Waals surface area contributed by atoms with Gasteiger partial charge >= 0.3 is 0 Å². The van der Waals surface area contributed by atoms with Crippen LogP contribution in [0.2, 0.25) is 0 Å². The fourth-order valence-electron chi connectivity index (χ4n) is 3.82. The third kappa shape index (κ3) is 4.09. The van der Waals surface area contributed by atoms with Gasteiger partial charge < -0.3 is 9.72 Å². The first kappa shape index (κ1) is 20.1. The Bertz CT molecular complexity index is 1080. The number of Topliss-reactive ketones (excluding diaryl/α,β-unsaturated/α-hetero) is 1. The molecule has 0 spiro atoms. The topological polar surface area (TPSA) is 85.2 Å². The third-order valence-electron chi connectivity index (χ3n) is 5.31. The van der Waals surface area contributed by atoms with Crippen LogP contribution in [-0.4, -0.2) is 15.7 Å². The fraction of sp³-hybridized carbons (Fsp3) is 0.286. The van der Waals surface area contributed by atoms with Gasteiger partial charge in [-0.05, 0) is 62.9 Å². The number of halogens is 2. The molecule has 1 saturated carbocycles. The molecular weight excluding hydrogens is 504 g/mol. The molecule has 150 valence electrons. The number of H-pyrrole nitrogens is 1. The Morgan fingerprint density at radius 1 is 1.10 bits per heavy atom. The van der Waals surface area contributed by atoms with Gasteiger partial charge in [0.2, 0.25) is 0 Å². The molecule has 1 fully saturated rings. The van der Waals surface area contributed by atoms with E-state index >= 15 is 0 Å². The van der Waals surface area contributed by atoms with Gasteiger partial charge in [-0.1, -0.05) is 19.3 Å². The number of nitro benzene ring substituents is 1. The van der Waals surface area contributed by atoms with Crippen molar-refractivity contribution in [2.24, 2.45) is 5.92 Å². The molecule has 3 aromatic rings. The van der Waals surface area contributed by atoms with E-state index in [1.54, 1.807) is 12.3 Å². The van der Waals surface area contributed by atoms with Crippen molar-refractivity contribution < 1.29 is 14.5 Å². The number of aromatic nitrogens is 1. The molecule has 0 bridgehead atoms. The van der Waals surface area contributed by atoms with Gasteiger partial charge in [-0.25, -0.2) is 0 Å². The van der Waals surface area contributed by atoms with E-state index in [1.807, 2.05) is 12.1 Å². The van der Waals surface area contributed by atoms with Crippen LogP contribution in [0.4, 0.5) is 5.69 Å². The molecule has 0 amide bonds. The van der Waals surface area contributed by atoms with E-state index in [0.717, 1.165) is 36.6 Å². The first-order valence-electron chi connectivity index (χ1n) is 9.40. The molecule has 0 unspecified atom stereocenters. The zero-order valence-corrected chi connectivity index (χ0v) is 18.6. The standard InChI is InChI=1S/C21H18Br2N2O4/c22-17-8-13(25(27)28)9-18(23)21(17)29-14-6-7-19-15(10-14)16(11-24-19)20(26)12-4-2-1-3-5-12/h6-12,24H,1-5H2. The molecule has 2 aromatic carbocycles. The molecule has 0 aliphatic heterocycles. The summed E-state index contributed by atoms with van der Waals surface area (Å²) < 4.78 is 6.92. The van der Waals surface area contributed by atoms with Crippen molar-refractivity contribution in [2.75, 3.05) is 0 Å². The maximum absolute atomic E-state index is 13.0. The summed E-state index contributed by atoms with van der Waals surface area (Å²) in [5.41, 5.74) is 1.52. The average molecular weight is 522 g/mol. The van der Waals surface area contributed by atoms with Gasteiger partial charge in [0.25, 0.3) is 5.69 Å². The zero-order valence-electron chi connectivity index (χ0n) is 15.4. The van der Waals surface area contributed by atoms with Crippen LogP contribution in [0.5, 0.6) is 11.5 Å². The number of fused-ring (bicyclic) bond motifs is 1. The van der Waals surface area contributed by atoms with Crippen LogP contribution in [0.1, 0.15) is 42.5 Å². The molecule has 1 aliphatic carbocycles. The molecule has 29 heavy (non-hydrogen) atoms. The normalized spacial score (nSPS) is 14.8. The molecule has 1 aromatic heterocycles. The molecular formula is C21H18Br2N2O4. The number of benzene rings is 2. The minimum absolute atomic E-state index is 0.0439. The van der Waals surface area contributed by atoms with E-state index in [9.17, 15) is 14.9 Å². The van der Waals surface area contributed by atoms with Crippen molar-refractivity contribution in [2.45, 2.75) is 32.1 Å². The number of hydrogen-bond acceptors (Lipinski definition) is 4. The van der Waals surface area contributed by atoms with Crippen LogP contribution in [0.3, 0.4) is 0 Å². The number of nitro groups is 1. The molecule has 1 N–H and O–H groups in total. The Morgan fingerprint density at radius 3 is 2.45 bits per heavy atom. The number of aromatic amines is 1. The molecule has 1 heterocycles. The fourth-order valence-corrected chi connectivity index (χ4v) is 5.14. The van der Waals surface area contributed by atoms with E-state index in [2.05, 4.69) is 36.8 Å². The van der Waals surface area contributed by atoms with Crippen LogP contribution in [0.15, 0.2) is 45.5 Å². The van der Waals surface area contributed by atoms with Gasteiger partial charge in [-0.3, -0.25) is 14.9 Å². The maximum Gasteiger partial charge on any atom is 0.271 e. The summed E-state index contributed by atoms with van der Waals surface area (Å²) in [7, 11) is 0. The quantitative estimate of drug-likeness (QED) is 0.219. The second-order valence-corrected chi connectivity index (χ2v) is 8.92. The predicted molar refractivity (Wildman–Crippen MR) is 118 cm³/mol. The molecule has 1 aliphatic rings. The highest BCUT2D eigenvalue weighted by Gasteiger charge is 2.25. The van der Waals surface area contributed by atoms with E-state index in [-0.39, 0.29) is 17.4 Å². The van der Waals surface area contributed by atoms with Gasteiger partial charge in [-0.2, -0.15) is 0 Å². The van der Waals surface area contributed by atoms with Crippen molar-refractivity contribution in [3.63, 3.8) is 0 Å². The number of ketones is 1. The summed E-state index contributed by atoms with van der Waals surface area (Å²) in [6.07, 6.45) is 7.09. The summed E-state index contributed by atoms with van der Waals surface area (Å²) in [6.45, 7) is 0. The average Bonchev–Trinajstić information content (AvgIpc) is 3.13. The molecule has 0 radical (unpaired) electrons. The SMILES string of the molecule is O=C(c1c[nH]c2ccc(Oc3c(Br)cc([N+](=O)[O-])cc3Br)cc12)C1CCCCC1. The molecule has 4 rings (SSSR count). The van der Waals surface area contributed by atoms with Crippen LogP contribution >= 0.6 is 31.9 Å². The Kier molecular flexibility index (Phi) is 5.74. The van der Waals surface area contributed by atoms with Crippen LogP contribution in [-0.2, 0) is 0 Å². The number of ether oxygens (including phenoxy) is 1. The summed E-state index contributed by atoms with van der Waals surface area (Å²) in [5, 5.41) is 11.8. The minimum atomic E-state index is -0.464. The zero-order chi connectivity index (χ0) is 20.5. The van der Waals surface area contributed by atoms with Crippen molar-refractivity contribution in [3.05, 3.63) is 61.2 Å². The molecule has 0 atom stereocenters. The maximum atomic E-state index is 13.0. The van der Waals surface area contributed by atoms with Crippen LogP contribution in [0, 0.1) is 16.0 Å². The number of non-ortho nitro benzene ring substituents is 1. The van der Waals surface area contributed by atoms with Crippen LogP contribution < -0.4 is 4.74 Å². The monoisotopic (exact) mass is 520 g/mol. The summed E-state index contributed by atoms with van der Waals surface area (Å²) in [6, 6.07) is 8.30. The first-order valence-corrected chi connectivity index (χ1v) is 11.0. The van der Waals surface area contributed by atoms with Gasteiger partial charge in [-0.15, -0.1) is 0 Å². The Labute approximate surface area is 184 Å². The molecule has 6 nitrogen and oxygen atoms in total. The first-order chi connectivity index (χ1) is 13.9. The van der Waals surface area contributed by atoms with Gasteiger partial charge in [0.05, 0.1) is 13.9 Å². The van der Waals surface area contributed by atoms with E-state index in [0.29, 0.717) is 26.0 Å². The predicted octanol–water partition coefficient (Wildman–Crippen LogP) is 7.16. The summed E-state index contributed by atoms with van der Waals surface area (Å²) >= 11 is 6.67. The van der Waals surface area contributed by atoms with Crippen molar-refractivity contribution in [1.29, 1.82) is 0 Å². The number of carbonyl (C=O) groups excluding carboxylic acids is 1. The smallest absolute Gasteiger partial charge is 0.271 e. The largest absolute Gasteiger partial charge is 0.455 e. The van der Waals surface area contributed by atoms with Crippen molar-refractivity contribution in [3.8, 4) is 11.5 Å². The third-order valence-corrected chi connectivity index (χ3v) is 6.49. The minimum Gasteiger partial charge on any atom is -0.455 e. The lowest BCUT2D eigenvalue weighted by Gasteiger charge is -2.19. The highest BCUT2D eigenvalue weighted by molar-refractivity contribution is 9.11. The van der Waals surface area contributed by atoms with Crippen molar-refractivity contribution in [1.82, 2.24) is 4.98 Å². The summed E-state index contributed by atoms with van der Waals surface area (Å²) in [5.74, 6) is 1.26. The highest BCUT2D eigenvalue weighted by atomic mass is 79.9. The number of rotatable bonds is 5. The second-order valence-electron chi connectivity index (χ2n) is 7.21. The Morgan fingerprint density at radius 2 is 1.79 bits per heavy atom. The number of hydrogen-bond donors (Lipinski definition) is 1. The van der Waals surface area contributed by atoms with Crippen LogP contribution in [0.25, 0.3) is 10.9 Å². The lowest BCUT2D eigenvalue weighted by molar-refractivity contribution is -0.385. The number of nitrogens with zero attached hydrogens (tertiary/aromatic N) is 1. The lowest BCUT2D eigenvalue weighted by atomic mass is 9.84. The molecule has 0 saturated heterocycles. The van der Waals surface area contributed by atoms with E-state index in [4.69, 9.17) is 4.74 Å². The van der Waals surface area contributed by atoms with Gasteiger partial charge in [0.1, 0.15) is 5.75 Å². The highest BCUT2D eigenvalue weighted by Crippen LogP contribution is 2.40. The van der Waals surface area contributed by atoms with E-state index < -0.39 is 4.92 Å². The number of carbonyl (C=O) groups is 1. The van der Waals surface area contributed by atoms with Gasteiger partial charge in [0.15, 0.2) is 11.5 Å². The Balaban J connectivity index is 1.66.